The predicted molar refractivity (Wildman–Crippen MR) is 108 cm³/mol. The van der Waals surface area contributed by atoms with Gasteiger partial charge in [-0.05, 0) is 17.0 Å². The molecule has 3 amide bonds. The number of hydrogen-bond donors (Lipinski definition) is 0. The van der Waals surface area contributed by atoms with Crippen LogP contribution in [-0.4, -0.2) is 69.8 Å². The summed E-state index contributed by atoms with van der Waals surface area (Å²) in [4.78, 5) is 39.3. The van der Waals surface area contributed by atoms with Gasteiger partial charge in [-0.3, -0.25) is 4.79 Å². The number of fused-ring (bicyclic) bond motifs is 1. The van der Waals surface area contributed by atoms with Gasteiger partial charge >= 0.3 is 6.03 Å². The number of aromatic nitrogens is 2. The molecule has 28 heavy (non-hydrogen) atoms. The molecule has 3 aromatic rings. The maximum atomic E-state index is 12.9. The molecule has 1 saturated heterocycles. The van der Waals surface area contributed by atoms with E-state index in [9.17, 15) is 9.59 Å². The predicted octanol–water partition coefficient (Wildman–Crippen LogP) is 2.70. The van der Waals surface area contributed by atoms with Crippen molar-refractivity contribution in [2.24, 2.45) is 0 Å². The summed E-state index contributed by atoms with van der Waals surface area (Å²) in [6, 6.07) is 11.8. The molecule has 0 radical (unpaired) electrons. The first kappa shape index (κ1) is 18.4. The molecule has 4 rings (SSSR count). The van der Waals surface area contributed by atoms with E-state index in [0.29, 0.717) is 38.4 Å². The summed E-state index contributed by atoms with van der Waals surface area (Å²) in [5.74, 6) is -0.0976. The monoisotopic (exact) mass is 395 g/mol. The van der Waals surface area contributed by atoms with E-state index in [0.717, 1.165) is 15.8 Å². The molecule has 0 bridgehead atoms. The van der Waals surface area contributed by atoms with Crippen LogP contribution in [0, 0.1) is 0 Å². The Hall–Kier alpha value is -3.00. The standard InChI is InChI=1S/C20H21N5O2S/c1-23(13-15-5-3-2-4-6-15)20(27)25-10-8-24(9-11-25)19(26)17-18-16(7-12-28-18)21-14-22-17/h2-7,12,14H,8-11,13H2,1H3. The van der Waals surface area contributed by atoms with Crippen molar-refractivity contribution >= 4 is 33.5 Å². The van der Waals surface area contributed by atoms with Gasteiger partial charge in [-0.1, -0.05) is 30.3 Å². The van der Waals surface area contributed by atoms with E-state index in [1.165, 1.54) is 17.7 Å². The van der Waals surface area contributed by atoms with E-state index in [1.54, 1.807) is 21.7 Å². The molecular weight excluding hydrogens is 374 g/mol. The number of piperazine rings is 1. The van der Waals surface area contributed by atoms with Gasteiger partial charge in [-0.2, -0.15) is 0 Å². The minimum atomic E-state index is -0.0976. The molecule has 144 valence electrons. The van der Waals surface area contributed by atoms with Crippen molar-refractivity contribution in [2.45, 2.75) is 6.54 Å². The third-order valence-corrected chi connectivity index (χ3v) is 5.78. The Morgan fingerprint density at radius 2 is 1.75 bits per heavy atom. The van der Waals surface area contributed by atoms with E-state index < -0.39 is 0 Å². The Labute approximate surface area is 167 Å². The van der Waals surface area contributed by atoms with Crippen LogP contribution in [0.2, 0.25) is 0 Å². The lowest BCUT2D eigenvalue weighted by Gasteiger charge is -2.36. The number of urea groups is 1. The molecule has 1 aromatic carbocycles. The van der Waals surface area contributed by atoms with Crippen molar-refractivity contribution in [2.75, 3.05) is 33.2 Å². The van der Waals surface area contributed by atoms with Crippen LogP contribution in [0.5, 0.6) is 0 Å². The minimum Gasteiger partial charge on any atom is -0.334 e. The second kappa shape index (κ2) is 7.93. The molecule has 0 aliphatic carbocycles. The summed E-state index contributed by atoms with van der Waals surface area (Å²) >= 11 is 1.47. The van der Waals surface area contributed by atoms with Crippen molar-refractivity contribution in [3.63, 3.8) is 0 Å². The van der Waals surface area contributed by atoms with Crippen molar-refractivity contribution in [3.8, 4) is 0 Å². The first-order valence-corrected chi connectivity index (χ1v) is 10.0. The van der Waals surface area contributed by atoms with Crippen LogP contribution in [0.15, 0.2) is 48.1 Å². The van der Waals surface area contributed by atoms with Gasteiger partial charge in [-0.15, -0.1) is 11.3 Å². The molecule has 1 aliphatic rings. The zero-order valence-corrected chi connectivity index (χ0v) is 16.4. The van der Waals surface area contributed by atoms with Crippen LogP contribution in [0.4, 0.5) is 4.79 Å². The Balaban J connectivity index is 1.37. The molecule has 1 fully saturated rings. The van der Waals surface area contributed by atoms with Gasteiger partial charge in [0.05, 0.1) is 10.2 Å². The highest BCUT2D eigenvalue weighted by Crippen LogP contribution is 2.22. The van der Waals surface area contributed by atoms with Crippen LogP contribution >= 0.6 is 11.3 Å². The van der Waals surface area contributed by atoms with Gasteiger partial charge in [0.1, 0.15) is 12.0 Å². The van der Waals surface area contributed by atoms with E-state index in [4.69, 9.17) is 0 Å². The lowest BCUT2D eigenvalue weighted by atomic mass is 10.2. The third-order valence-electron chi connectivity index (χ3n) is 4.87. The molecule has 2 aromatic heterocycles. The topological polar surface area (TPSA) is 69.6 Å². The molecule has 0 atom stereocenters. The maximum absolute atomic E-state index is 12.9. The fourth-order valence-electron chi connectivity index (χ4n) is 3.36. The molecular formula is C20H21N5O2S. The highest BCUT2D eigenvalue weighted by atomic mass is 32.1. The second-order valence-corrected chi connectivity index (χ2v) is 7.68. The fourth-order valence-corrected chi connectivity index (χ4v) is 4.18. The normalized spacial score (nSPS) is 14.3. The Morgan fingerprint density at radius 1 is 1.04 bits per heavy atom. The molecule has 8 heteroatoms. The van der Waals surface area contributed by atoms with Crippen molar-refractivity contribution in [1.29, 1.82) is 0 Å². The molecule has 0 spiro atoms. The lowest BCUT2D eigenvalue weighted by molar-refractivity contribution is 0.0640. The third kappa shape index (κ3) is 3.68. The molecule has 0 unspecified atom stereocenters. The van der Waals surface area contributed by atoms with Crippen LogP contribution in [0.3, 0.4) is 0 Å². The summed E-state index contributed by atoms with van der Waals surface area (Å²) in [6.07, 6.45) is 1.43. The number of carbonyl (C=O) groups excluding carboxylic acids is 2. The maximum Gasteiger partial charge on any atom is 0.320 e. The van der Waals surface area contributed by atoms with Gasteiger partial charge in [0, 0.05) is 39.8 Å². The summed E-state index contributed by atoms with van der Waals surface area (Å²) in [5, 5.41) is 1.91. The molecule has 7 nitrogen and oxygen atoms in total. The number of carbonyl (C=O) groups is 2. The summed E-state index contributed by atoms with van der Waals surface area (Å²) in [7, 11) is 1.81. The number of amides is 3. The van der Waals surface area contributed by atoms with Crippen molar-refractivity contribution in [1.82, 2.24) is 24.7 Å². The van der Waals surface area contributed by atoms with E-state index >= 15 is 0 Å². The smallest absolute Gasteiger partial charge is 0.320 e. The number of benzene rings is 1. The summed E-state index contributed by atoms with van der Waals surface area (Å²) in [5.41, 5.74) is 2.33. The molecule has 0 saturated carbocycles. The summed E-state index contributed by atoms with van der Waals surface area (Å²) < 4.78 is 0.814. The van der Waals surface area contributed by atoms with E-state index in [2.05, 4.69) is 9.97 Å². The van der Waals surface area contributed by atoms with Crippen molar-refractivity contribution in [3.05, 3.63) is 59.4 Å². The van der Waals surface area contributed by atoms with Crippen LogP contribution in [0.1, 0.15) is 16.1 Å². The Bertz CT molecular complexity index is 982. The van der Waals surface area contributed by atoms with Gasteiger partial charge in [-0.25, -0.2) is 14.8 Å². The zero-order valence-electron chi connectivity index (χ0n) is 15.6. The van der Waals surface area contributed by atoms with E-state index in [-0.39, 0.29) is 11.9 Å². The Kier molecular flexibility index (Phi) is 5.21. The first-order chi connectivity index (χ1) is 13.6. The van der Waals surface area contributed by atoms with Crippen LogP contribution in [0.25, 0.3) is 10.2 Å². The van der Waals surface area contributed by atoms with Gasteiger partial charge in [0.15, 0.2) is 0 Å². The highest BCUT2D eigenvalue weighted by Gasteiger charge is 2.28. The molecule has 1 aliphatic heterocycles. The van der Waals surface area contributed by atoms with Gasteiger partial charge in [0.2, 0.25) is 0 Å². The Morgan fingerprint density at radius 3 is 2.50 bits per heavy atom. The zero-order chi connectivity index (χ0) is 19.5. The minimum absolute atomic E-state index is 0.0152. The largest absolute Gasteiger partial charge is 0.334 e. The van der Waals surface area contributed by atoms with Gasteiger partial charge < -0.3 is 14.7 Å². The number of nitrogens with zero attached hydrogens (tertiary/aromatic N) is 5. The number of thiophene rings is 1. The SMILES string of the molecule is CN(Cc1ccccc1)C(=O)N1CCN(C(=O)c2ncnc3ccsc23)CC1. The second-order valence-electron chi connectivity index (χ2n) is 6.76. The van der Waals surface area contributed by atoms with Gasteiger partial charge in [0.25, 0.3) is 5.91 Å². The average molecular weight is 395 g/mol. The summed E-state index contributed by atoms with van der Waals surface area (Å²) in [6.45, 7) is 2.60. The number of rotatable bonds is 3. The first-order valence-electron chi connectivity index (χ1n) is 9.15. The lowest BCUT2D eigenvalue weighted by Crippen LogP contribution is -2.53. The average Bonchev–Trinajstić information content (AvgIpc) is 3.22. The molecule has 3 heterocycles. The van der Waals surface area contributed by atoms with Crippen molar-refractivity contribution < 1.29 is 9.59 Å². The fraction of sp³-hybridized carbons (Fsp3) is 0.300. The number of hydrogen-bond acceptors (Lipinski definition) is 5. The van der Waals surface area contributed by atoms with E-state index in [1.807, 2.05) is 41.8 Å². The van der Waals surface area contributed by atoms with Crippen LogP contribution in [-0.2, 0) is 6.54 Å². The quantitative estimate of drug-likeness (QED) is 0.684. The van der Waals surface area contributed by atoms with Crippen LogP contribution < -0.4 is 0 Å². The molecule has 0 N–H and O–H groups in total. The highest BCUT2D eigenvalue weighted by molar-refractivity contribution is 7.17.